The summed E-state index contributed by atoms with van der Waals surface area (Å²) in [7, 11) is 0. The SMILES string of the molecule is C/C(=N/NC(=O)Cc1csc(-c2ccc(F)cc2)n1)c1cccc([N+](=O)[O-])c1. The number of nitrogens with one attached hydrogen (secondary N) is 1. The third kappa shape index (κ3) is 4.83. The zero-order chi connectivity index (χ0) is 20.1. The van der Waals surface area contributed by atoms with Crippen molar-refractivity contribution in [3.05, 3.63) is 81.1 Å². The number of non-ortho nitro benzene ring substituents is 1. The summed E-state index contributed by atoms with van der Waals surface area (Å²) in [5.41, 5.74) is 4.72. The van der Waals surface area contributed by atoms with Crippen molar-refractivity contribution in [2.75, 3.05) is 0 Å². The first kappa shape index (κ1) is 19.3. The van der Waals surface area contributed by atoms with E-state index in [4.69, 9.17) is 0 Å². The van der Waals surface area contributed by atoms with Crippen molar-refractivity contribution in [2.45, 2.75) is 13.3 Å². The van der Waals surface area contributed by atoms with Crippen LogP contribution in [0.4, 0.5) is 10.1 Å². The lowest BCUT2D eigenvalue weighted by molar-refractivity contribution is -0.384. The molecule has 9 heteroatoms. The van der Waals surface area contributed by atoms with Gasteiger partial charge in [-0.15, -0.1) is 11.3 Å². The fraction of sp³-hybridized carbons (Fsp3) is 0.105. The second kappa shape index (κ2) is 8.49. The van der Waals surface area contributed by atoms with Gasteiger partial charge < -0.3 is 0 Å². The van der Waals surface area contributed by atoms with Crippen LogP contribution in [0.3, 0.4) is 0 Å². The molecule has 3 aromatic rings. The third-order valence-electron chi connectivity index (χ3n) is 3.81. The molecule has 0 saturated carbocycles. The molecule has 0 aliphatic heterocycles. The summed E-state index contributed by atoms with van der Waals surface area (Å²) in [6.45, 7) is 1.65. The van der Waals surface area contributed by atoms with Crippen LogP contribution in [0.5, 0.6) is 0 Å². The van der Waals surface area contributed by atoms with Crippen LogP contribution in [0.2, 0.25) is 0 Å². The standard InChI is InChI=1S/C19H15FN4O3S/c1-12(14-3-2-4-17(9-14)24(26)27)22-23-18(25)10-16-11-28-19(21-16)13-5-7-15(20)8-6-13/h2-9,11H,10H2,1H3,(H,23,25)/b22-12-. The molecule has 142 valence electrons. The summed E-state index contributed by atoms with van der Waals surface area (Å²) in [6, 6.07) is 12.0. The van der Waals surface area contributed by atoms with E-state index < -0.39 is 4.92 Å². The second-order valence-corrected chi connectivity index (χ2v) is 6.73. The zero-order valence-corrected chi connectivity index (χ0v) is 15.6. The monoisotopic (exact) mass is 398 g/mol. The van der Waals surface area contributed by atoms with Gasteiger partial charge in [0.2, 0.25) is 5.91 Å². The Kier molecular flexibility index (Phi) is 5.85. The first-order chi connectivity index (χ1) is 13.4. The average Bonchev–Trinajstić information content (AvgIpc) is 3.15. The molecule has 0 aliphatic rings. The van der Waals surface area contributed by atoms with Gasteiger partial charge in [-0.3, -0.25) is 14.9 Å². The average molecular weight is 398 g/mol. The molecule has 0 bridgehead atoms. The Bertz CT molecular complexity index is 1050. The predicted molar refractivity (Wildman–Crippen MR) is 105 cm³/mol. The second-order valence-electron chi connectivity index (χ2n) is 5.87. The van der Waals surface area contributed by atoms with E-state index in [9.17, 15) is 19.3 Å². The highest BCUT2D eigenvalue weighted by molar-refractivity contribution is 7.13. The maximum absolute atomic E-state index is 13.0. The lowest BCUT2D eigenvalue weighted by Gasteiger charge is -2.02. The number of carbonyl (C=O) groups excluding carboxylic acids is 1. The molecule has 0 spiro atoms. The molecule has 1 aromatic heterocycles. The van der Waals surface area contributed by atoms with Gasteiger partial charge in [0.1, 0.15) is 10.8 Å². The van der Waals surface area contributed by atoms with Crippen molar-refractivity contribution in [1.29, 1.82) is 0 Å². The van der Waals surface area contributed by atoms with Crippen LogP contribution >= 0.6 is 11.3 Å². The molecule has 7 nitrogen and oxygen atoms in total. The molecule has 1 N–H and O–H groups in total. The fourth-order valence-corrected chi connectivity index (χ4v) is 3.20. The molecule has 1 amide bonds. The van der Waals surface area contributed by atoms with Gasteiger partial charge in [-0.25, -0.2) is 14.8 Å². The van der Waals surface area contributed by atoms with Crippen LogP contribution in [-0.4, -0.2) is 21.5 Å². The summed E-state index contributed by atoms with van der Waals surface area (Å²) >= 11 is 1.36. The molecule has 0 atom stereocenters. The first-order valence-electron chi connectivity index (χ1n) is 8.20. The lowest BCUT2D eigenvalue weighted by Crippen LogP contribution is -2.21. The number of nitro benzene ring substituents is 1. The van der Waals surface area contributed by atoms with Gasteiger partial charge >= 0.3 is 0 Å². The van der Waals surface area contributed by atoms with Crippen LogP contribution in [0.15, 0.2) is 59.0 Å². The van der Waals surface area contributed by atoms with E-state index in [2.05, 4.69) is 15.5 Å². The Morgan fingerprint density at radius 3 is 2.75 bits per heavy atom. The number of amides is 1. The van der Waals surface area contributed by atoms with Gasteiger partial charge in [-0.05, 0) is 31.2 Å². The highest BCUT2D eigenvalue weighted by Gasteiger charge is 2.10. The first-order valence-corrected chi connectivity index (χ1v) is 9.08. The van der Waals surface area contributed by atoms with Crippen LogP contribution in [0.1, 0.15) is 18.2 Å². The molecule has 0 radical (unpaired) electrons. The van der Waals surface area contributed by atoms with E-state index in [-0.39, 0.29) is 23.8 Å². The predicted octanol–water partition coefficient (Wildman–Crippen LogP) is 3.94. The normalized spacial score (nSPS) is 11.3. The van der Waals surface area contributed by atoms with Gasteiger partial charge in [0.25, 0.3) is 5.69 Å². The summed E-state index contributed by atoms with van der Waals surface area (Å²) in [4.78, 5) is 26.8. The molecular weight excluding hydrogens is 383 g/mol. The third-order valence-corrected chi connectivity index (χ3v) is 4.75. The lowest BCUT2D eigenvalue weighted by atomic mass is 10.1. The Hall–Kier alpha value is -3.46. The smallest absolute Gasteiger partial charge is 0.270 e. The molecule has 0 fully saturated rings. The van der Waals surface area contributed by atoms with Crippen molar-refractivity contribution in [1.82, 2.24) is 10.4 Å². The number of aromatic nitrogens is 1. The number of hydrazone groups is 1. The Morgan fingerprint density at radius 1 is 1.29 bits per heavy atom. The van der Waals surface area contributed by atoms with E-state index in [1.54, 1.807) is 36.6 Å². The highest BCUT2D eigenvalue weighted by atomic mass is 32.1. The van der Waals surface area contributed by atoms with Crippen LogP contribution < -0.4 is 5.43 Å². The summed E-state index contributed by atoms with van der Waals surface area (Å²) in [5.74, 6) is -0.683. The summed E-state index contributed by atoms with van der Waals surface area (Å²) < 4.78 is 13.0. The fourth-order valence-electron chi connectivity index (χ4n) is 2.37. The number of benzene rings is 2. The number of thiazole rings is 1. The van der Waals surface area contributed by atoms with Crippen LogP contribution in [0, 0.1) is 15.9 Å². The molecule has 0 unspecified atom stereocenters. The Labute approximate surface area is 163 Å². The molecular formula is C19H15FN4O3S. The van der Waals surface area contributed by atoms with Gasteiger partial charge in [-0.1, -0.05) is 12.1 Å². The van der Waals surface area contributed by atoms with E-state index in [0.29, 0.717) is 22.0 Å². The van der Waals surface area contributed by atoms with Gasteiger partial charge in [-0.2, -0.15) is 5.10 Å². The minimum Gasteiger partial charge on any atom is -0.273 e. The highest BCUT2D eigenvalue weighted by Crippen LogP contribution is 2.24. The van der Waals surface area contributed by atoms with E-state index in [1.807, 2.05) is 0 Å². The molecule has 3 rings (SSSR count). The maximum Gasteiger partial charge on any atom is 0.270 e. The number of rotatable bonds is 6. The van der Waals surface area contributed by atoms with Gasteiger partial charge in [0.05, 0.1) is 22.7 Å². The van der Waals surface area contributed by atoms with Crippen molar-refractivity contribution in [3.63, 3.8) is 0 Å². The van der Waals surface area contributed by atoms with Crippen LogP contribution in [-0.2, 0) is 11.2 Å². The van der Waals surface area contributed by atoms with Gasteiger partial charge in [0.15, 0.2) is 0 Å². The number of hydrogen-bond acceptors (Lipinski definition) is 6. The maximum atomic E-state index is 13.0. The van der Waals surface area contributed by atoms with Crippen molar-refractivity contribution >= 4 is 28.6 Å². The minimum atomic E-state index is -0.490. The van der Waals surface area contributed by atoms with E-state index >= 15 is 0 Å². The van der Waals surface area contributed by atoms with Crippen LogP contribution in [0.25, 0.3) is 10.6 Å². The zero-order valence-electron chi connectivity index (χ0n) is 14.8. The topological polar surface area (TPSA) is 97.5 Å². The largest absolute Gasteiger partial charge is 0.273 e. The summed E-state index contributed by atoms with van der Waals surface area (Å²) in [5, 5.41) is 17.3. The van der Waals surface area contributed by atoms with Crippen molar-refractivity contribution in [3.8, 4) is 10.6 Å². The number of carbonyl (C=O) groups is 1. The van der Waals surface area contributed by atoms with E-state index in [1.165, 1.54) is 35.6 Å². The number of halogens is 1. The van der Waals surface area contributed by atoms with Crippen molar-refractivity contribution in [2.24, 2.45) is 5.10 Å². The molecule has 2 aromatic carbocycles. The van der Waals surface area contributed by atoms with E-state index in [0.717, 1.165) is 5.56 Å². The molecule has 0 saturated heterocycles. The quantitative estimate of drug-likeness (QED) is 0.386. The molecule has 0 aliphatic carbocycles. The number of hydrogen-bond donors (Lipinski definition) is 1. The van der Waals surface area contributed by atoms with Crippen molar-refractivity contribution < 1.29 is 14.1 Å². The number of nitro groups is 1. The molecule has 28 heavy (non-hydrogen) atoms. The number of nitrogens with zero attached hydrogens (tertiary/aromatic N) is 3. The Morgan fingerprint density at radius 2 is 2.04 bits per heavy atom. The summed E-state index contributed by atoms with van der Waals surface area (Å²) in [6.07, 6.45) is 0.0312. The Balaban J connectivity index is 1.63. The van der Waals surface area contributed by atoms with Gasteiger partial charge in [0, 0.05) is 28.6 Å². The minimum absolute atomic E-state index is 0.0312. The molecule has 1 heterocycles.